The normalized spacial score (nSPS) is 9.76. The van der Waals surface area contributed by atoms with Gasteiger partial charge < -0.3 is 5.32 Å². The third-order valence-corrected chi connectivity index (χ3v) is 2.04. The molecule has 1 aromatic carbocycles. The summed E-state index contributed by atoms with van der Waals surface area (Å²) < 4.78 is 38.9. The van der Waals surface area contributed by atoms with E-state index in [1.54, 1.807) is 6.07 Å². The Morgan fingerprint density at radius 3 is 2.41 bits per heavy atom. The molecule has 0 spiro atoms. The molecule has 1 aromatic rings. The monoisotopic (exact) mass is 242 g/mol. The zero-order valence-corrected chi connectivity index (χ0v) is 8.77. The number of carbonyl (C=O) groups is 1. The molecular formula is C11H9F3N2O. The van der Waals surface area contributed by atoms with E-state index in [2.05, 4.69) is 5.32 Å². The van der Waals surface area contributed by atoms with Crippen molar-refractivity contribution in [3.8, 4) is 6.07 Å². The van der Waals surface area contributed by atoms with Crippen LogP contribution >= 0.6 is 0 Å². The summed E-state index contributed by atoms with van der Waals surface area (Å²) in [6.07, 6.45) is -0.413. The first kappa shape index (κ1) is 13.0. The van der Waals surface area contributed by atoms with Gasteiger partial charge in [-0.1, -0.05) is 0 Å². The molecule has 0 aliphatic rings. The lowest BCUT2D eigenvalue weighted by atomic mass is 10.1. The molecule has 1 N–H and O–H groups in total. The fourth-order valence-corrected chi connectivity index (χ4v) is 1.27. The summed E-state index contributed by atoms with van der Waals surface area (Å²) in [4.78, 5) is 10.9. The van der Waals surface area contributed by atoms with Crippen LogP contribution in [0.2, 0.25) is 0 Å². The second-order valence-electron chi connectivity index (χ2n) is 3.28. The van der Waals surface area contributed by atoms with Crippen molar-refractivity contribution in [1.82, 2.24) is 5.32 Å². The van der Waals surface area contributed by atoms with E-state index in [1.165, 1.54) is 0 Å². The Morgan fingerprint density at radius 1 is 1.29 bits per heavy atom. The molecule has 0 heterocycles. The van der Waals surface area contributed by atoms with Crippen LogP contribution in [0.5, 0.6) is 0 Å². The van der Waals surface area contributed by atoms with Crippen molar-refractivity contribution in [1.29, 1.82) is 5.26 Å². The molecule has 0 bridgehead atoms. The number of nitriles is 1. The molecule has 0 radical (unpaired) electrons. The molecular weight excluding hydrogens is 233 g/mol. The summed E-state index contributed by atoms with van der Waals surface area (Å²) in [6, 6.07) is 2.79. The van der Waals surface area contributed by atoms with Crippen LogP contribution < -0.4 is 5.32 Å². The highest BCUT2D eigenvalue weighted by atomic mass is 19.1. The fourth-order valence-electron chi connectivity index (χ4n) is 1.27. The van der Waals surface area contributed by atoms with Crippen LogP contribution in [0.25, 0.3) is 0 Å². The van der Waals surface area contributed by atoms with Gasteiger partial charge in [0, 0.05) is 24.2 Å². The lowest BCUT2D eigenvalue weighted by Gasteiger charge is -2.06. The molecule has 0 atom stereocenters. The minimum Gasteiger partial charge on any atom is -0.355 e. The zero-order chi connectivity index (χ0) is 12.8. The van der Waals surface area contributed by atoms with E-state index in [4.69, 9.17) is 5.26 Å². The van der Waals surface area contributed by atoms with E-state index in [0.717, 1.165) is 0 Å². The minimum atomic E-state index is -0.989. The third-order valence-electron chi connectivity index (χ3n) is 2.04. The third kappa shape index (κ3) is 3.79. The number of nitrogens with zero attached hydrogens (tertiary/aromatic N) is 1. The highest BCUT2D eigenvalue weighted by Gasteiger charge is 2.11. The highest BCUT2D eigenvalue weighted by molar-refractivity contribution is 5.77. The number of nitrogens with one attached hydrogen (secondary N) is 1. The minimum absolute atomic E-state index is 0.0139. The smallest absolute Gasteiger partial charge is 0.234 e. The summed E-state index contributed by atoms with van der Waals surface area (Å²) in [5, 5.41) is 10.5. The molecule has 6 heteroatoms. The maximum atomic E-state index is 13.1. The van der Waals surface area contributed by atoms with Gasteiger partial charge in [0.05, 0.1) is 6.07 Å². The number of amides is 1. The summed E-state index contributed by atoms with van der Waals surface area (Å²) >= 11 is 0. The van der Waals surface area contributed by atoms with E-state index >= 15 is 0 Å². The van der Waals surface area contributed by atoms with Crippen molar-refractivity contribution >= 4 is 5.91 Å². The van der Waals surface area contributed by atoms with Crippen molar-refractivity contribution in [3.63, 3.8) is 0 Å². The molecule has 1 rings (SSSR count). The molecule has 0 fully saturated rings. The molecule has 1 amide bonds. The van der Waals surface area contributed by atoms with Gasteiger partial charge in [-0.05, 0) is 6.42 Å². The number of hydrogen-bond donors (Lipinski definition) is 1. The van der Waals surface area contributed by atoms with Gasteiger partial charge in [0.1, 0.15) is 23.9 Å². The molecule has 90 valence electrons. The average Bonchev–Trinajstić information content (AvgIpc) is 2.22. The average molecular weight is 242 g/mol. The van der Waals surface area contributed by atoms with Crippen molar-refractivity contribution in [3.05, 3.63) is 35.1 Å². The largest absolute Gasteiger partial charge is 0.355 e. The maximum Gasteiger partial charge on any atom is 0.234 e. The molecule has 0 aromatic heterocycles. The Labute approximate surface area is 95.9 Å². The van der Waals surface area contributed by atoms with E-state index in [-0.39, 0.29) is 24.9 Å². The van der Waals surface area contributed by atoms with E-state index in [1.807, 2.05) is 0 Å². The molecule has 0 aliphatic heterocycles. The number of hydrogen-bond acceptors (Lipinski definition) is 2. The SMILES string of the molecule is N#CCC(=O)NCCc1c(F)cc(F)cc1F. The van der Waals surface area contributed by atoms with Crippen LogP contribution in [-0.4, -0.2) is 12.5 Å². The van der Waals surface area contributed by atoms with E-state index in [9.17, 15) is 18.0 Å². The summed E-state index contributed by atoms with van der Waals surface area (Å²) in [5.74, 6) is -3.48. The van der Waals surface area contributed by atoms with Crippen molar-refractivity contribution in [2.75, 3.05) is 6.54 Å². The second-order valence-corrected chi connectivity index (χ2v) is 3.28. The Balaban J connectivity index is 2.59. The van der Waals surface area contributed by atoms with E-state index < -0.39 is 23.4 Å². The second kappa shape index (κ2) is 5.89. The first-order valence-corrected chi connectivity index (χ1v) is 4.81. The van der Waals surface area contributed by atoms with E-state index in [0.29, 0.717) is 12.1 Å². The van der Waals surface area contributed by atoms with Crippen LogP contribution in [0.1, 0.15) is 12.0 Å². The Hall–Kier alpha value is -2.03. The predicted molar refractivity (Wildman–Crippen MR) is 53.3 cm³/mol. The number of carbonyl (C=O) groups excluding carboxylic acids is 1. The van der Waals surface area contributed by atoms with Gasteiger partial charge in [-0.15, -0.1) is 0 Å². The summed E-state index contributed by atoms with van der Waals surface area (Å²) in [7, 11) is 0. The van der Waals surface area contributed by atoms with Crippen LogP contribution in [0.3, 0.4) is 0 Å². The van der Waals surface area contributed by atoms with Crippen LogP contribution in [0, 0.1) is 28.8 Å². The molecule has 3 nitrogen and oxygen atoms in total. The zero-order valence-electron chi connectivity index (χ0n) is 8.77. The predicted octanol–water partition coefficient (Wildman–Crippen LogP) is 1.68. The van der Waals surface area contributed by atoms with Gasteiger partial charge in [0.25, 0.3) is 0 Å². The van der Waals surface area contributed by atoms with Gasteiger partial charge in [0.15, 0.2) is 0 Å². The Bertz CT molecular complexity index is 445. The van der Waals surface area contributed by atoms with Crippen molar-refractivity contribution in [2.45, 2.75) is 12.8 Å². The van der Waals surface area contributed by atoms with Gasteiger partial charge in [-0.25, -0.2) is 13.2 Å². The van der Waals surface area contributed by atoms with Gasteiger partial charge in [0.2, 0.25) is 5.91 Å². The Kier molecular flexibility index (Phi) is 4.52. The quantitative estimate of drug-likeness (QED) is 0.873. The lowest BCUT2D eigenvalue weighted by molar-refractivity contribution is -0.120. The summed E-state index contributed by atoms with van der Waals surface area (Å²) in [6.45, 7) is -0.0139. The van der Waals surface area contributed by atoms with Crippen LogP contribution in [-0.2, 0) is 11.2 Å². The Morgan fingerprint density at radius 2 is 1.88 bits per heavy atom. The highest BCUT2D eigenvalue weighted by Crippen LogP contribution is 2.14. The first-order valence-electron chi connectivity index (χ1n) is 4.81. The standard InChI is InChI=1S/C11H9F3N2O/c12-7-5-9(13)8(10(14)6-7)2-4-16-11(17)1-3-15/h5-6H,1-2,4H2,(H,16,17). The van der Waals surface area contributed by atoms with Gasteiger partial charge in [-0.2, -0.15) is 5.26 Å². The number of halogens is 3. The van der Waals surface area contributed by atoms with Gasteiger partial charge >= 0.3 is 0 Å². The van der Waals surface area contributed by atoms with Crippen LogP contribution in [0.4, 0.5) is 13.2 Å². The maximum absolute atomic E-state index is 13.1. The van der Waals surface area contributed by atoms with Crippen molar-refractivity contribution in [2.24, 2.45) is 0 Å². The molecule has 0 aliphatic carbocycles. The first-order chi connectivity index (χ1) is 8.04. The number of rotatable bonds is 4. The topological polar surface area (TPSA) is 52.9 Å². The molecule has 0 unspecified atom stereocenters. The summed E-state index contributed by atoms with van der Waals surface area (Å²) in [5.41, 5.74) is -0.288. The molecule has 17 heavy (non-hydrogen) atoms. The molecule has 0 saturated carbocycles. The molecule has 0 saturated heterocycles. The van der Waals surface area contributed by atoms with Crippen LogP contribution in [0.15, 0.2) is 12.1 Å². The lowest BCUT2D eigenvalue weighted by Crippen LogP contribution is -2.25. The number of benzene rings is 1. The fraction of sp³-hybridized carbons (Fsp3) is 0.273. The van der Waals surface area contributed by atoms with Crippen molar-refractivity contribution < 1.29 is 18.0 Å². The van der Waals surface area contributed by atoms with Gasteiger partial charge in [-0.3, -0.25) is 4.79 Å².